The smallest absolute Gasteiger partial charge is 0.320 e. The van der Waals surface area contributed by atoms with E-state index in [4.69, 9.17) is 15.9 Å². The molecule has 0 aromatic carbocycles. The maximum absolute atomic E-state index is 10.0. The molecule has 1 atom stereocenters. The minimum Gasteiger partial charge on any atom is -0.481 e. The Morgan fingerprint density at radius 1 is 1.24 bits per heavy atom. The summed E-state index contributed by atoms with van der Waals surface area (Å²) in [5, 5.41) is 18.3. The Balaban J connectivity index is 0.000000318. The first-order chi connectivity index (χ1) is 7.82. The number of hydrogen-bond donors (Lipinski definition) is 4. The van der Waals surface area contributed by atoms with E-state index in [0.29, 0.717) is 0 Å². The molecular formula is C9H12N2O6. The van der Waals surface area contributed by atoms with Crippen molar-refractivity contribution in [2.24, 2.45) is 5.73 Å². The largest absolute Gasteiger partial charge is 0.481 e. The van der Waals surface area contributed by atoms with Crippen LogP contribution in [0.1, 0.15) is 12.8 Å². The third-order valence-corrected chi connectivity index (χ3v) is 1.62. The summed E-state index contributed by atoms with van der Waals surface area (Å²) in [6.45, 7) is 0. The Kier molecular flexibility index (Phi) is 6.19. The second-order valence-corrected chi connectivity index (χ2v) is 3.06. The molecule has 1 rings (SSSR count). The summed E-state index contributed by atoms with van der Waals surface area (Å²) in [6.07, 6.45) is 2.17. The third-order valence-electron chi connectivity index (χ3n) is 1.62. The van der Waals surface area contributed by atoms with E-state index in [0.717, 1.165) is 0 Å². The summed E-state index contributed by atoms with van der Waals surface area (Å²) in [7, 11) is 0. The minimum absolute atomic E-state index is 0.0231. The number of amides is 2. The molecule has 8 nitrogen and oxygen atoms in total. The van der Waals surface area contributed by atoms with Gasteiger partial charge in [0.2, 0.25) is 0 Å². The first-order valence-electron chi connectivity index (χ1n) is 4.56. The van der Waals surface area contributed by atoms with E-state index in [2.05, 4.69) is 0 Å². The molecule has 1 aliphatic heterocycles. The molecule has 0 saturated carbocycles. The van der Waals surface area contributed by atoms with Crippen LogP contribution in [0.4, 0.5) is 0 Å². The van der Waals surface area contributed by atoms with Crippen LogP contribution in [0.25, 0.3) is 0 Å². The van der Waals surface area contributed by atoms with Crippen molar-refractivity contribution in [2.45, 2.75) is 18.9 Å². The third kappa shape index (κ3) is 7.68. The van der Waals surface area contributed by atoms with Gasteiger partial charge < -0.3 is 15.9 Å². The first kappa shape index (κ1) is 14.8. The number of aliphatic carboxylic acids is 2. The summed E-state index contributed by atoms with van der Waals surface area (Å²) in [6, 6.07) is -1.06. The normalized spacial score (nSPS) is 14.6. The van der Waals surface area contributed by atoms with Crippen molar-refractivity contribution < 1.29 is 29.4 Å². The SMILES string of the molecule is N[C@@H](CCC(=O)O)C(=O)O.O=C1C=CC(=O)N1. The van der Waals surface area contributed by atoms with Crippen LogP contribution in [-0.2, 0) is 19.2 Å². The van der Waals surface area contributed by atoms with E-state index >= 15 is 0 Å². The zero-order chi connectivity index (χ0) is 13.4. The van der Waals surface area contributed by atoms with Gasteiger partial charge in [-0.2, -0.15) is 0 Å². The summed E-state index contributed by atoms with van der Waals surface area (Å²) < 4.78 is 0. The summed E-state index contributed by atoms with van der Waals surface area (Å²) in [5.41, 5.74) is 5.00. The zero-order valence-corrected chi connectivity index (χ0v) is 8.75. The molecule has 0 aromatic heterocycles. The number of nitrogens with two attached hydrogens (primary N) is 1. The molecule has 0 aromatic rings. The van der Waals surface area contributed by atoms with Crippen molar-refractivity contribution in [1.29, 1.82) is 0 Å². The second-order valence-electron chi connectivity index (χ2n) is 3.06. The molecule has 2 amide bonds. The number of carbonyl (C=O) groups is 4. The molecule has 1 heterocycles. The number of carboxylic acids is 2. The van der Waals surface area contributed by atoms with Crippen LogP contribution in [0.15, 0.2) is 12.2 Å². The van der Waals surface area contributed by atoms with Crippen LogP contribution in [0.3, 0.4) is 0 Å². The standard InChI is InChI=1S/C5H9NO4.C4H3NO2/c6-3(5(9)10)1-2-4(7)8;6-3-1-2-4(7)5-3/h3H,1-2,6H2,(H,7,8)(H,9,10);1-2H,(H,5,6,7)/t3-;/m0./s1. The van der Waals surface area contributed by atoms with Crippen molar-refractivity contribution in [3.05, 3.63) is 12.2 Å². The fraction of sp³-hybridized carbons (Fsp3) is 0.333. The quantitative estimate of drug-likeness (QED) is 0.438. The number of hydrogen-bond acceptors (Lipinski definition) is 5. The zero-order valence-electron chi connectivity index (χ0n) is 8.75. The molecule has 0 bridgehead atoms. The summed E-state index contributed by atoms with van der Waals surface area (Å²) >= 11 is 0. The maximum Gasteiger partial charge on any atom is 0.320 e. The Hall–Kier alpha value is -2.22. The lowest BCUT2D eigenvalue weighted by Gasteiger charge is -2.01. The van der Waals surface area contributed by atoms with Gasteiger partial charge in [-0.1, -0.05) is 0 Å². The predicted octanol–water partition coefficient (Wildman–Crippen LogP) is -1.54. The molecular weight excluding hydrogens is 232 g/mol. The molecule has 0 saturated heterocycles. The maximum atomic E-state index is 10.0. The fourth-order valence-corrected chi connectivity index (χ4v) is 0.759. The van der Waals surface area contributed by atoms with Gasteiger partial charge >= 0.3 is 11.9 Å². The van der Waals surface area contributed by atoms with Gasteiger partial charge in [0.05, 0.1) is 0 Å². The predicted molar refractivity (Wildman–Crippen MR) is 54.8 cm³/mol. The van der Waals surface area contributed by atoms with Crippen molar-refractivity contribution in [1.82, 2.24) is 5.32 Å². The van der Waals surface area contributed by atoms with Gasteiger partial charge in [-0.25, -0.2) is 0 Å². The minimum atomic E-state index is -1.17. The van der Waals surface area contributed by atoms with E-state index in [1.807, 2.05) is 5.32 Å². The average molecular weight is 244 g/mol. The van der Waals surface area contributed by atoms with Crippen LogP contribution >= 0.6 is 0 Å². The molecule has 0 spiro atoms. The number of carboxylic acid groups (broad SMARTS) is 2. The number of imide groups is 1. The lowest BCUT2D eigenvalue weighted by molar-refractivity contribution is -0.140. The van der Waals surface area contributed by atoms with Crippen LogP contribution in [0, 0.1) is 0 Å². The number of nitrogens with one attached hydrogen (secondary N) is 1. The van der Waals surface area contributed by atoms with E-state index < -0.39 is 18.0 Å². The lowest BCUT2D eigenvalue weighted by Crippen LogP contribution is -2.30. The van der Waals surface area contributed by atoms with Crippen molar-refractivity contribution in [2.75, 3.05) is 0 Å². The molecule has 1 aliphatic rings. The second kappa shape index (κ2) is 7.12. The van der Waals surface area contributed by atoms with Gasteiger partial charge in [-0.05, 0) is 6.42 Å². The fourth-order valence-electron chi connectivity index (χ4n) is 0.759. The molecule has 94 valence electrons. The van der Waals surface area contributed by atoms with Gasteiger partial charge in [-0.15, -0.1) is 0 Å². The highest BCUT2D eigenvalue weighted by Crippen LogP contribution is 1.93. The van der Waals surface area contributed by atoms with Crippen molar-refractivity contribution in [3.63, 3.8) is 0 Å². The average Bonchev–Trinajstić information content (AvgIpc) is 2.59. The van der Waals surface area contributed by atoms with Gasteiger partial charge in [0, 0.05) is 18.6 Å². The highest BCUT2D eigenvalue weighted by atomic mass is 16.4. The van der Waals surface area contributed by atoms with Crippen molar-refractivity contribution >= 4 is 23.8 Å². The number of rotatable bonds is 4. The van der Waals surface area contributed by atoms with Crippen LogP contribution in [-0.4, -0.2) is 40.0 Å². The van der Waals surface area contributed by atoms with Gasteiger partial charge in [0.15, 0.2) is 0 Å². The number of carbonyl (C=O) groups excluding carboxylic acids is 2. The molecule has 17 heavy (non-hydrogen) atoms. The van der Waals surface area contributed by atoms with Gasteiger partial charge in [0.1, 0.15) is 6.04 Å². The molecule has 5 N–H and O–H groups in total. The van der Waals surface area contributed by atoms with Crippen LogP contribution in [0.5, 0.6) is 0 Å². The van der Waals surface area contributed by atoms with Gasteiger partial charge in [-0.3, -0.25) is 24.5 Å². The topological polar surface area (TPSA) is 147 Å². The Bertz CT molecular complexity index is 346. The Labute approximate surface area is 96.1 Å². The molecule has 8 heteroatoms. The van der Waals surface area contributed by atoms with Crippen molar-refractivity contribution in [3.8, 4) is 0 Å². The molecule has 0 fully saturated rings. The van der Waals surface area contributed by atoms with E-state index in [-0.39, 0.29) is 24.7 Å². The highest BCUT2D eigenvalue weighted by Gasteiger charge is 2.12. The highest BCUT2D eigenvalue weighted by molar-refractivity contribution is 6.12. The molecule has 0 unspecified atom stereocenters. The Morgan fingerprint density at radius 3 is 1.94 bits per heavy atom. The van der Waals surface area contributed by atoms with Crippen LogP contribution < -0.4 is 11.1 Å². The van der Waals surface area contributed by atoms with E-state index in [9.17, 15) is 19.2 Å². The van der Waals surface area contributed by atoms with Gasteiger partial charge in [0.25, 0.3) is 11.8 Å². The lowest BCUT2D eigenvalue weighted by atomic mass is 10.2. The monoisotopic (exact) mass is 244 g/mol. The molecule has 0 radical (unpaired) electrons. The van der Waals surface area contributed by atoms with E-state index in [1.165, 1.54) is 12.2 Å². The first-order valence-corrected chi connectivity index (χ1v) is 4.56. The molecule has 0 aliphatic carbocycles. The van der Waals surface area contributed by atoms with Crippen LogP contribution in [0.2, 0.25) is 0 Å². The van der Waals surface area contributed by atoms with E-state index in [1.54, 1.807) is 0 Å². The Morgan fingerprint density at radius 2 is 1.71 bits per heavy atom. The summed E-state index contributed by atoms with van der Waals surface area (Å²) in [4.78, 5) is 39.9. The summed E-state index contributed by atoms with van der Waals surface area (Å²) in [5.74, 6) is -2.85.